The summed E-state index contributed by atoms with van der Waals surface area (Å²) in [6.45, 7) is 3.66. The molecular weight excluding hydrogens is 407 g/mol. The van der Waals surface area contributed by atoms with Crippen molar-refractivity contribution in [3.05, 3.63) is 74.5 Å². The van der Waals surface area contributed by atoms with Crippen LogP contribution in [0, 0.1) is 6.92 Å². The van der Waals surface area contributed by atoms with Crippen molar-refractivity contribution in [3.8, 4) is 0 Å². The van der Waals surface area contributed by atoms with Gasteiger partial charge in [-0.25, -0.2) is 0 Å². The number of rotatable bonds is 5. The Morgan fingerprint density at radius 1 is 1.15 bits per heavy atom. The van der Waals surface area contributed by atoms with Crippen molar-refractivity contribution in [3.63, 3.8) is 0 Å². The number of aryl methyl sites for hydroxylation is 1. The number of thiophene rings is 1. The van der Waals surface area contributed by atoms with Gasteiger partial charge in [0.2, 0.25) is 0 Å². The van der Waals surface area contributed by atoms with Crippen LogP contribution in [0.25, 0.3) is 0 Å². The minimum absolute atomic E-state index is 0.207. The molecule has 3 aromatic rings. The van der Waals surface area contributed by atoms with E-state index >= 15 is 0 Å². The Hall–Kier alpha value is -2.28. The number of amides is 2. The number of carbonyl (C=O) groups excluding carboxylic acids is 2. The van der Waals surface area contributed by atoms with Gasteiger partial charge in [0.15, 0.2) is 5.76 Å². The van der Waals surface area contributed by atoms with E-state index < -0.39 is 0 Å². The molecule has 5 nitrogen and oxygen atoms in total. The molecule has 0 bridgehead atoms. The number of anilines is 1. The van der Waals surface area contributed by atoms with Gasteiger partial charge in [-0.2, -0.15) is 0 Å². The van der Waals surface area contributed by atoms with E-state index in [4.69, 9.17) is 27.6 Å². The quantitative estimate of drug-likeness (QED) is 0.553. The largest absolute Gasteiger partial charge is 0.459 e. The van der Waals surface area contributed by atoms with E-state index in [0.29, 0.717) is 19.9 Å². The van der Waals surface area contributed by atoms with Crippen molar-refractivity contribution >= 4 is 51.4 Å². The predicted molar refractivity (Wildman–Crippen MR) is 108 cm³/mol. The molecule has 2 aromatic heterocycles. The van der Waals surface area contributed by atoms with Gasteiger partial charge >= 0.3 is 0 Å². The highest BCUT2D eigenvalue weighted by Crippen LogP contribution is 2.29. The lowest BCUT2D eigenvalue weighted by molar-refractivity contribution is 0.0942. The summed E-state index contributed by atoms with van der Waals surface area (Å²) in [5, 5.41) is 7.24. The van der Waals surface area contributed by atoms with Crippen molar-refractivity contribution in [1.82, 2.24) is 5.32 Å². The topological polar surface area (TPSA) is 71.3 Å². The molecule has 2 N–H and O–H groups in total. The Kier molecular flexibility index (Phi) is 5.89. The highest BCUT2D eigenvalue weighted by Gasteiger charge is 2.19. The second kappa shape index (κ2) is 8.17. The number of hydrogen-bond donors (Lipinski definition) is 2. The number of carbonyl (C=O) groups is 2. The number of hydrogen-bond acceptors (Lipinski definition) is 4. The molecular formula is C19H16Cl2N2O3S. The molecule has 0 aliphatic carbocycles. The average molecular weight is 423 g/mol. The molecule has 2 heterocycles. The summed E-state index contributed by atoms with van der Waals surface area (Å²) in [7, 11) is 0. The summed E-state index contributed by atoms with van der Waals surface area (Å²) < 4.78 is 5.06. The van der Waals surface area contributed by atoms with Gasteiger partial charge in [-0.1, -0.05) is 29.3 Å². The van der Waals surface area contributed by atoms with Crippen LogP contribution in [-0.2, 0) is 0 Å². The molecule has 1 unspecified atom stereocenters. The molecule has 0 saturated heterocycles. The Morgan fingerprint density at radius 3 is 2.59 bits per heavy atom. The Morgan fingerprint density at radius 2 is 1.93 bits per heavy atom. The molecule has 0 radical (unpaired) electrons. The minimum Gasteiger partial charge on any atom is -0.459 e. The van der Waals surface area contributed by atoms with E-state index in [-0.39, 0.29) is 23.6 Å². The number of nitrogens with one attached hydrogen (secondary N) is 2. The molecule has 140 valence electrons. The highest BCUT2D eigenvalue weighted by atomic mass is 35.5. The van der Waals surface area contributed by atoms with Gasteiger partial charge in [-0.3, -0.25) is 9.59 Å². The molecule has 0 aliphatic heterocycles. The van der Waals surface area contributed by atoms with E-state index in [1.165, 1.54) is 17.6 Å². The molecule has 27 heavy (non-hydrogen) atoms. The lowest BCUT2D eigenvalue weighted by Crippen LogP contribution is -2.26. The third-order valence-corrected chi connectivity index (χ3v) is 5.60. The first-order valence-electron chi connectivity index (χ1n) is 8.06. The van der Waals surface area contributed by atoms with Crippen LogP contribution < -0.4 is 10.6 Å². The summed E-state index contributed by atoms with van der Waals surface area (Å²) >= 11 is 13.3. The van der Waals surface area contributed by atoms with E-state index in [2.05, 4.69) is 10.6 Å². The smallest absolute Gasteiger partial charge is 0.291 e. The summed E-state index contributed by atoms with van der Waals surface area (Å²) in [5.41, 5.74) is 1.54. The molecule has 0 aliphatic rings. The zero-order valence-corrected chi connectivity index (χ0v) is 16.8. The number of halogens is 2. The molecule has 2 amide bonds. The summed E-state index contributed by atoms with van der Waals surface area (Å²) in [5.74, 6) is -0.401. The second-order valence-electron chi connectivity index (χ2n) is 5.92. The van der Waals surface area contributed by atoms with Gasteiger partial charge in [-0.15, -0.1) is 11.3 Å². The van der Waals surface area contributed by atoms with Crippen LogP contribution in [0.2, 0.25) is 10.0 Å². The van der Waals surface area contributed by atoms with Crippen molar-refractivity contribution in [2.24, 2.45) is 0 Å². The fraction of sp³-hybridized carbons (Fsp3) is 0.158. The zero-order valence-electron chi connectivity index (χ0n) is 14.5. The van der Waals surface area contributed by atoms with Crippen LogP contribution in [-0.4, -0.2) is 11.8 Å². The van der Waals surface area contributed by atoms with Gasteiger partial charge in [0.25, 0.3) is 11.8 Å². The molecule has 8 heteroatoms. The molecule has 0 spiro atoms. The first-order chi connectivity index (χ1) is 12.8. The van der Waals surface area contributed by atoms with Gasteiger partial charge in [0, 0.05) is 10.0 Å². The monoisotopic (exact) mass is 422 g/mol. The van der Waals surface area contributed by atoms with Crippen molar-refractivity contribution in [1.29, 1.82) is 0 Å². The van der Waals surface area contributed by atoms with Crippen LogP contribution in [0.15, 0.2) is 47.1 Å². The fourth-order valence-corrected chi connectivity index (χ4v) is 4.09. The first-order valence-corrected chi connectivity index (χ1v) is 9.63. The maximum Gasteiger partial charge on any atom is 0.291 e. The fourth-order valence-electron chi connectivity index (χ4n) is 2.54. The number of furan rings is 1. The summed E-state index contributed by atoms with van der Waals surface area (Å²) in [6, 6.07) is 9.80. The molecule has 0 saturated carbocycles. The van der Waals surface area contributed by atoms with Crippen LogP contribution in [0.4, 0.5) is 5.00 Å². The average Bonchev–Trinajstić information content (AvgIpc) is 3.24. The van der Waals surface area contributed by atoms with E-state index in [1.54, 1.807) is 36.4 Å². The van der Waals surface area contributed by atoms with Gasteiger partial charge in [0.1, 0.15) is 0 Å². The number of benzene rings is 1. The van der Waals surface area contributed by atoms with Crippen LogP contribution in [0.1, 0.15) is 44.3 Å². The van der Waals surface area contributed by atoms with E-state index in [9.17, 15) is 9.59 Å². The van der Waals surface area contributed by atoms with Crippen LogP contribution in [0.5, 0.6) is 0 Å². The summed E-state index contributed by atoms with van der Waals surface area (Å²) in [4.78, 5) is 25.2. The zero-order chi connectivity index (χ0) is 19.6. The van der Waals surface area contributed by atoms with Crippen molar-refractivity contribution < 1.29 is 14.0 Å². The Bertz CT molecular complexity index is 983. The van der Waals surface area contributed by atoms with E-state index in [1.807, 2.05) is 13.8 Å². The Balaban J connectivity index is 1.71. The van der Waals surface area contributed by atoms with E-state index in [0.717, 1.165) is 11.1 Å². The third kappa shape index (κ3) is 4.53. The third-order valence-electron chi connectivity index (χ3n) is 3.88. The van der Waals surface area contributed by atoms with Gasteiger partial charge in [0.05, 0.1) is 22.2 Å². The maximum atomic E-state index is 12.7. The molecule has 1 aromatic carbocycles. The first kappa shape index (κ1) is 19.5. The lowest BCUT2D eigenvalue weighted by atomic mass is 10.1. The second-order valence-corrected chi connectivity index (χ2v) is 7.81. The molecule has 3 rings (SSSR count). The highest BCUT2D eigenvalue weighted by molar-refractivity contribution is 7.18. The van der Waals surface area contributed by atoms with Crippen molar-refractivity contribution in [2.45, 2.75) is 19.9 Å². The van der Waals surface area contributed by atoms with Crippen LogP contribution >= 0.6 is 34.5 Å². The normalized spacial score (nSPS) is 11.9. The standard InChI is InChI=1S/C19H16Cl2N2O3S/c1-10-8-16(23-18(24)15-4-3-7-26-15)27-17(10)19(25)22-11(2)13-6-5-12(20)9-14(13)21/h3-9,11H,1-2H3,(H,22,25)(H,23,24). The SMILES string of the molecule is Cc1cc(NC(=O)c2ccco2)sc1C(=O)NC(C)c1ccc(Cl)cc1Cl. The minimum atomic E-state index is -0.366. The molecule has 1 atom stereocenters. The predicted octanol–water partition coefficient (Wildman–Crippen LogP) is 5.70. The molecule has 0 fully saturated rings. The van der Waals surface area contributed by atoms with Crippen LogP contribution in [0.3, 0.4) is 0 Å². The maximum absolute atomic E-state index is 12.7. The lowest BCUT2D eigenvalue weighted by Gasteiger charge is -2.15. The van der Waals surface area contributed by atoms with Gasteiger partial charge in [-0.05, 0) is 55.3 Å². The summed E-state index contributed by atoms with van der Waals surface area (Å²) in [6.07, 6.45) is 1.43. The van der Waals surface area contributed by atoms with Gasteiger partial charge < -0.3 is 15.1 Å². The Labute approximate surface area is 170 Å². The van der Waals surface area contributed by atoms with Crippen molar-refractivity contribution in [2.75, 3.05) is 5.32 Å².